The van der Waals surface area contributed by atoms with Gasteiger partial charge in [0.25, 0.3) is 0 Å². The average Bonchev–Trinajstić information content (AvgIpc) is 3.40. The number of allylic oxidation sites excluding steroid dienone is 2. The molecule has 4 rings (SSSR count). The molecule has 0 radical (unpaired) electrons. The highest BCUT2D eigenvalue weighted by Crippen LogP contribution is 2.23. The first kappa shape index (κ1) is 18.4. The van der Waals surface area contributed by atoms with Crippen LogP contribution in [0.4, 0.5) is 0 Å². The second kappa shape index (κ2) is 8.79. The van der Waals surface area contributed by atoms with E-state index in [9.17, 15) is 0 Å². The van der Waals surface area contributed by atoms with E-state index >= 15 is 0 Å². The zero-order valence-corrected chi connectivity index (χ0v) is 15.8. The molecule has 7 heteroatoms. The molecule has 0 saturated heterocycles. The van der Waals surface area contributed by atoms with Crippen LogP contribution in [0, 0.1) is 6.92 Å². The fraction of sp³-hybridized carbons (Fsp3) is 0.0909. The van der Waals surface area contributed by atoms with E-state index < -0.39 is 0 Å². The number of tetrazole rings is 1. The van der Waals surface area contributed by atoms with Crippen molar-refractivity contribution in [3.63, 3.8) is 0 Å². The lowest BCUT2D eigenvalue weighted by atomic mass is 10.2. The van der Waals surface area contributed by atoms with Crippen LogP contribution in [0.15, 0.2) is 71.2 Å². The molecule has 4 aromatic rings. The number of hydrogen-bond acceptors (Lipinski definition) is 6. The van der Waals surface area contributed by atoms with Gasteiger partial charge in [-0.3, -0.25) is 0 Å². The summed E-state index contributed by atoms with van der Waals surface area (Å²) in [6, 6.07) is 17.7. The minimum Gasteiger partial charge on any atom is -0.487 e. The lowest BCUT2D eigenvalue weighted by Gasteiger charge is -2.05. The molecule has 0 amide bonds. The third-order valence-electron chi connectivity index (χ3n) is 4.15. The Hall–Kier alpha value is -4.00. The quantitative estimate of drug-likeness (QED) is 0.472. The third kappa shape index (κ3) is 4.84. The molecule has 1 N–H and O–H groups in total. The van der Waals surface area contributed by atoms with Gasteiger partial charge in [0.1, 0.15) is 23.8 Å². The van der Waals surface area contributed by atoms with Crippen molar-refractivity contribution < 1.29 is 9.15 Å². The highest BCUT2D eigenvalue weighted by atomic mass is 16.5. The van der Waals surface area contributed by atoms with E-state index in [-0.39, 0.29) is 0 Å². The summed E-state index contributed by atoms with van der Waals surface area (Å²) in [5.74, 6) is 2.65. The molecule has 2 aromatic carbocycles. The number of oxazole rings is 1. The highest BCUT2D eigenvalue weighted by molar-refractivity contribution is 5.56. The molecule has 2 aromatic heterocycles. The first-order valence-electron chi connectivity index (χ1n) is 9.11. The summed E-state index contributed by atoms with van der Waals surface area (Å²) in [5.41, 5.74) is 2.75. The number of ether oxygens (including phenoxy) is 1. The van der Waals surface area contributed by atoms with E-state index in [0.29, 0.717) is 18.3 Å². The minimum atomic E-state index is 0.340. The van der Waals surface area contributed by atoms with Gasteiger partial charge in [0, 0.05) is 5.56 Å². The maximum absolute atomic E-state index is 5.92. The standard InChI is InChI=1S/C22H19N5O2/c1-16-20(23-22(29-16)18-10-3-2-4-11-18)15-28-19-12-7-9-17(14-19)8-5-6-13-21-24-26-27-25-21/h2-14H,15H2,1H3,(H,24,25,26,27). The van der Waals surface area contributed by atoms with Crippen LogP contribution in [0.2, 0.25) is 0 Å². The maximum atomic E-state index is 5.92. The van der Waals surface area contributed by atoms with Crippen LogP contribution in [-0.2, 0) is 6.61 Å². The molecule has 0 aliphatic carbocycles. The predicted molar refractivity (Wildman–Crippen MR) is 110 cm³/mol. The molecule has 29 heavy (non-hydrogen) atoms. The maximum Gasteiger partial charge on any atom is 0.226 e. The van der Waals surface area contributed by atoms with Gasteiger partial charge in [0.05, 0.1) is 0 Å². The number of hydrogen-bond donors (Lipinski definition) is 1. The van der Waals surface area contributed by atoms with Crippen LogP contribution in [0.1, 0.15) is 22.8 Å². The highest BCUT2D eigenvalue weighted by Gasteiger charge is 2.11. The average molecular weight is 385 g/mol. The van der Waals surface area contributed by atoms with E-state index in [1.165, 1.54) is 0 Å². The fourth-order valence-electron chi connectivity index (χ4n) is 2.67. The Morgan fingerprint density at radius 1 is 1.03 bits per heavy atom. The summed E-state index contributed by atoms with van der Waals surface area (Å²) < 4.78 is 11.7. The molecule has 0 aliphatic rings. The third-order valence-corrected chi connectivity index (χ3v) is 4.15. The van der Waals surface area contributed by atoms with Gasteiger partial charge < -0.3 is 9.15 Å². The second-order valence-electron chi connectivity index (χ2n) is 6.24. The molecule has 0 unspecified atom stereocenters. The molecule has 0 bridgehead atoms. The molecule has 0 fully saturated rings. The molecule has 7 nitrogen and oxygen atoms in total. The van der Waals surface area contributed by atoms with E-state index in [1.807, 2.05) is 79.7 Å². The van der Waals surface area contributed by atoms with Gasteiger partial charge in [0.2, 0.25) is 5.89 Å². The molecule has 0 aliphatic heterocycles. The first-order chi connectivity index (χ1) is 14.3. The Bertz CT molecular complexity index is 1120. The first-order valence-corrected chi connectivity index (χ1v) is 9.11. The number of benzene rings is 2. The van der Waals surface area contributed by atoms with E-state index in [0.717, 1.165) is 28.3 Å². The van der Waals surface area contributed by atoms with Crippen molar-refractivity contribution in [2.24, 2.45) is 0 Å². The van der Waals surface area contributed by atoms with E-state index in [1.54, 1.807) is 6.08 Å². The summed E-state index contributed by atoms with van der Waals surface area (Å²) in [6.45, 7) is 2.24. The van der Waals surface area contributed by atoms with Gasteiger partial charge >= 0.3 is 0 Å². The van der Waals surface area contributed by atoms with Crippen molar-refractivity contribution in [2.45, 2.75) is 13.5 Å². The van der Waals surface area contributed by atoms with Crippen molar-refractivity contribution in [2.75, 3.05) is 0 Å². The topological polar surface area (TPSA) is 89.7 Å². The van der Waals surface area contributed by atoms with Crippen LogP contribution < -0.4 is 4.74 Å². The van der Waals surface area contributed by atoms with Crippen molar-refractivity contribution in [1.29, 1.82) is 0 Å². The van der Waals surface area contributed by atoms with E-state index in [2.05, 4.69) is 25.6 Å². The Labute approximate surface area is 167 Å². The van der Waals surface area contributed by atoms with Crippen LogP contribution in [0.3, 0.4) is 0 Å². The Morgan fingerprint density at radius 3 is 2.72 bits per heavy atom. The SMILES string of the molecule is Cc1oc(-c2ccccc2)nc1COc1cccc(C=CC=Cc2nn[nH]n2)c1. The molecular formula is C22H19N5O2. The van der Waals surface area contributed by atoms with Gasteiger partial charge in [-0.15, -0.1) is 10.2 Å². The lowest BCUT2D eigenvalue weighted by molar-refractivity contribution is 0.299. The Kier molecular flexibility index (Phi) is 5.57. The summed E-state index contributed by atoms with van der Waals surface area (Å²) in [7, 11) is 0. The number of aromatic amines is 1. The van der Waals surface area contributed by atoms with Gasteiger partial charge in [-0.05, 0) is 48.0 Å². The van der Waals surface area contributed by atoms with Crippen molar-refractivity contribution in [3.05, 3.63) is 89.6 Å². The van der Waals surface area contributed by atoms with Crippen molar-refractivity contribution in [3.8, 4) is 17.2 Å². The van der Waals surface area contributed by atoms with Crippen LogP contribution in [0.5, 0.6) is 5.75 Å². The minimum absolute atomic E-state index is 0.340. The van der Waals surface area contributed by atoms with Gasteiger partial charge in [-0.25, -0.2) is 4.98 Å². The van der Waals surface area contributed by atoms with Crippen LogP contribution in [-0.4, -0.2) is 25.6 Å². The molecular weight excluding hydrogens is 366 g/mol. The molecule has 0 atom stereocenters. The van der Waals surface area contributed by atoms with Crippen molar-refractivity contribution >= 4 is 12.2 Å². The number of nitrogens with zero attached hydrogens (tertiary/aromatic N) is 4. The number of H-pyrrole nitrogens is 1. The largest absolute Gasteiger partial charge is 0.487 e. The molecule has 0 saturated carbocycles. The zero-order chi connectivity index (χ0) is 19.9. The number of aromatic nitrogens is 5. The summed E-state index contributed by atoms with van der Waals surface area (Å²) in [5, 5.41) is 13.6. The summed E-state index contributed by atoms with van der Waals surface area (Å²) >= 11 is 0. The lowest BCUT2D eigenvalue weighted by Crippen LogP contribution is -1.97. The van der Waals surface area contributed by atoms with Gasteiger partial charge in [-0.2, -0.15) is 5.21 Å². The summed E-state index contributed by atoms with van der Waals surface area (Å²) in [4.78, 5) is 4.57. The van der Waals surface area contributed by atoms with Crippen LogP contribution >= 0.6 is 0 Å². The van der Waals surface area contributed by atoms with Gasteiger partial charge in [-0.1, -0.05) is 48.6 Å². The molecule has 2 heterocycles. The summed E-state index contributed by atoms with van der Waals surface area (Å²) in [6.07, 6.45) is 7.49. The van der Waals surface area contributed by atoms with Gasteiger partial charge in [0.15, 0.2) is 5.82 Å². The predicted octanol–water partition coefficient (Wildman–Crippen LogP) is 4.47. The van der Waals surface area contributed by atoms with E-state index in [4.69, 9.17) is 9.15 Å². The number of aryl methyl sites for hydroxylation is 1. The van der Waals surface area contributed by atoms with Crippen molar-refractivity contribution in [1.82, 2.24) is 25.6 Å². The smallest absolute Gasteiger partial charge is 0.226 e. The van der Waals surface area contributed by atoms with Crippen LogP contribution in [0.25, 0.3) is 23.6 Å². The fourth-order valence-corrected chi connectivity index (χ4v) is 2.67. The number of nitrogens with one attached hydrogen (secondary N) is 1. The zero-order valence-electron chi connectivity index (χ0n) is 15.8. The monoisotopic (exact) mass is 385 g/mol. The number of rotatable bonds is 7. The Morgan fingerprint density at radius 2 is 1.90 bits per heavy atom. The normalized spacial score (nSPS) is 11.5. The Balaban J connectivity index is 1.39. The molecule has 0 spiro atoms. The molecule has 144 valence electrons. The second-order valence-corrected chi connectivity index (χ2v) is 6.24.